The molecule has 0 fully saturated rings. The first-order chi connectivity index (χ1) is 8.92. The van der Waals surface area contributed by atoms with E-state index in [9.17, 15) is 0 Å². The fraction of sp³-hybridized carbons (Fsp3) is 0. The number of ether oxygens (including phenoxy) is 1. The minimum atomic E-state index is 0.799. The summed E-state index contributed by atoms with van der Waals surface area (Å²) < 4.78 is 5.71. The Morgan fingerprint density at radius 2 is 1.56 bits per heavy atom. The van der Waals surface area contributed by atoms with Crippen LogP contribution in [0.25, 0.3) is 11.3 Å². The molecule has 4 nitrogen and oxygen atoms in total. The Morgan fingerprint density at radius 3 is 2.22 bits per heavy atom. The largest absolute Gasteiger partial charge is 0.457 e. The van der Waals surface area contributed by atoms with Crippen molar-refractivity contribution >= 4 is 0 Å². The van der Waals surface area contributed by atoms with Gasteiger partial charge in [0.05, 0.1) is 0 Å². The summed E-state index contributed by atoms with van der Waals surface area (Å²) in [6.45, 7) is 0. The second-order valence-electron chi connectivity index (χ2n) is 3.80. The second kappa shape index (κ2) is 4.71. The number of aromatic amines is 1. The van der Waals surface area contributed by atoms with E-state index < -0.39 is 0 Å². The van der Waals surface area contributed by atoms with Crippen LogP contribution in [-0.4, -0.2) is 15.4 Å². The van der Waals surface area contributed by atoms with Crippen molar-refractivity contribution in [3.8, 4) is 22.8 Å². The maximum Gasteiger partial charge on any atom is 0.127 e. The van der Waals surface area contributed by atoms with Crippen LogP contribution in [0.2, 0.25) is 0 Å². The van der Waals surface area contributed by atoms with Crippen LogP contribution in [-0.2, 0) is 0 Å². The lowest BCUT2D eigenvalue weighted by molar-refractivity contribution is 0.483. The Labute approximate surface area is 104 Å². The molecule has 0 radical (unpaired) electrons. The normalized spacial score (nSPS) is 10.2. The van der Waals surface area contributed by atoms with Gasteiger partial charge in [-0.25, -0.2) is 0 Å². The summed E-state index contributed by atoms with van der Waals surface area (Å²) in [5.41, 5.74) is 1.82. The first-order valence-electron chi connectivity index (χ1n) is 5.61. The summed E-state index contributed by atoms with van der Waals surface area (Å²) in [6, 6.07) is 17.4. The average Bonchev–Trinajstić information content (AvgIpc) is 2.95. The van der Waals surface area contributed by atoms with Crippen molar-refractivity contribution in [2.24, 2.45) is 0 Å². The molecule has 88 valence electrons. The number of benzene rings is 2. The summed E-state index contributed by atoms with van der Waals surface area (Å²) >= 11 is 0. The molecule has 0 spiro atoms. The van der Waals surface area contributed by atoms with Crippen molar-refractivity contribution in [2.75, 3.05) is 0 Å². The minimum Gasteiger partial charge on any atom is -0.457 e. The molecule has 0 saturated heterocycles. The SMILES string of the molecule is c1ccc(Oc2ccc(-c3c[nH]nn3)cc2)cc1. The van der Waals surface area contributed by atoms with Gasteiger partial charge in [0.15, 0.2) is 0 Å². The van der Waals surface area contributed by atoms with Crippen molar-refractivity contribution in [3.63, 3.8) is 0 Å². The topological polar surface area (TPSA) is 50.8 Å². The van der Waals surface area contributed by atoms with Gasteiger partial charge < -0.3 is 4.74 Å². The molecule has 3 aromatic rings. The molecule has 0 bridgehead atoms. The fourth-order valence-corrected chi connectivity index (χ4v) is 1.66. The maximum absolute atomic E-state index is 5.71. The molecule has 1 N–H and O–H groups in total. The highest BCUT2D eigenvalue weighted by molar-refractivity contribution is 5.58. The third kappa shape index (κ3) is 2.22. The summed E-state index contributed by atoms with van der Waals surface area (Å²) in [4.78, 5) is 0. The lowest BCUT2D eigenvalue weighted by Crippen LogP contribution is -1.84. The first-order valence-corrected chi connectivity index (χ1v) is 5.61. The average molecular weight is 237 g/mol. The fourth-order valence-electron chi connectivity index (χ4n) is 1.66. The molecule has 1 heterocycles. The van der Waals surface area contributed by atoms with Gasteiger partial charge >= 0.3 is 0 Å². The van der Waals surface area contributed by atoms with E-state index in [-0.39, 0.29) is 0 Å². The zero-order valence-corrected chi connectivity index (χ0v) is 9.58. The van der Waals surface area contributed by atoms with Crippen LogP contribution in [0.15, 0.2) is 60.8 Å². The second-order valence-corrected chi connectivity index (χ2v) is 3.80. The Balaban J connectivity index is 1.80. The summed E-state index contributed by atoms with van der Waals surface area (Å²) in [5.74, 6) is 1.63. The highest BCUT2D eigenvalue weighted by atomic mass is 16.5. The highest BCUT2D eigenvalue weighted by Crippen LogP contribution is 2.24. The lowest BCUT2D eigenvalue weighted by atomic mass is 10.2. The number of para-hydroxylation sites is 1. The molecule has 0 aliphatic carbocycles. The van der Waals surface area contributed by atoms with E-state index in [0.717, 1.165) is 22.8 Å². The summed E-state index contributed by atoms with van der Waals surface area (Å²) in [6.07, 6.45) is 1.76. The van der Waals surface area contributed by atoms with E-state index in [4.69, 9.17) is 4.74 Å². The molecule has 0 aliphatic heterocycles. The van der Waals surface area contributed by atoms with E-state index in [1.165, 1.54) is 0 Å². The Bertz CT molecular complexity index is 603. The number of nitrogens with one attached hydrogen (secondary N) is 1. The van der Waals surface area contributed by atoms with Gasteiger partial charge in [0, 0.05) is 11.8 Å². The zero-order valence-electron chi connectivity index (χ0n) is 9.58. The Kier molecular flexibility index (Phi) is 2.75. The Hall–Kier alpha value is -2.62. The minimum absolute atomic E-state index is 0.799. The number of aromatic nitrogens is 3. The number of nitrogens with zero attached hydrogens (tertiary/aromatic N) is 2. The van der Waals surface area contributed by atoms with Gasteiger partial charge in [-0.1, -0.05) is 23.4 Å². The van der Waals surface area contributed by atoms with Crippen molar-refractivity contribution < 1.29 is 4.74 Å². The van der Waals surface area contributed by atoms with E-state index in [1.807, 2.05) is 54.6 Å². The predicted octanol–water partition coefficient (Wildman–Crippen LogP) is 3.26. The van der Waals surface area contributed by atoms with Gasteiger partial charge in [0.1, 0.15) is 17.2 Å². The van der Waals surface area contributed by atoms with Crippen molar-refractivity contribution in [3.05, 3.63) is 60.8 Å². The molecule has 3 rings (SSSR count). The van der Waals surface area contributed by atoms with E-state index in [1.54, 1.807) is 6.20 Å². The molecule has 0 saturated carbocycles. The number of hydrogen-bond acceptors (Lipinski definition) is 3. The quantitative estimate of drug-likeness (QED) is 0.760. The summed E-state index contributed by atoms with van der Waals surface area (Å²) in [5, 5.41) is 10.3. The van der Waals surface area contributed by atoms with E-state index in [2.05, 4.69) is 15.4 Å². The van der Waals surface area contributed by atoms with Gasteiger partial charge in [0.25, 0.3) is 0 Å². The molecule has 18 heavy (non-hydrogen) atoms. The van der Waals surface area contributed by atoms with Crippen LogP contribution < -0.4 is 4.74 Å². The standard InChI is InChI=1S/C14H11N3O/c1-2-4-12(5-3-1)18-13-8-6-11(7-9-13)14-10-15-17-16-14/h1-10H,(H,15,16,17). The van der Waals surface area contributed by atoms with Crippen LogP contribution in [0, 0.1) is 0 Å². The van der Waals surface area contributed by atoms with Crippen LogP contribution in [0.4, 0.5) is 0 Å². The highest BCUT2D eigenvalue weighted by Gasteiger charge is 2.01. The molecule has 4 heteroatoms. The van der Waals surface area contributed by atoms with E-state index in [0.29, 0.717) is 0 Å². The molecule has 0 amide bonds. The number of hydrogen-bond donors (Lipinski definition) is 1. The summed E-state index contributed by atoms with van der Waals surface area (Å²) in [7, 11) is 0. The predicted molar refractivity (Wildman–Crippen MR) is 68.3 cm³/mol. The Morgan fingerprint density at radius 1 is 0.833 bits per heavy atom. The van der Waals surface area contributed by atoms with Gasteiger partial charge in [-0.15, -0.1) is 5.10 Å². The number of H-pyrrole nitrogens is 1. The van der Waals surface area contributed by atoms with Crippen molar-refractivity contribution in [1.29, 1.82) is 0 Å². The molecular weight excluding hydrogens is 226 g/mol. The smallest absolute Gasteiger partial charge is 0.127 e. The lowest BCUT2D eigenvalue weighted by Gasteiger charge is -2.05. The molecule has 0 aliphatic rings. The van der Waals surface area contributed by atoms with E-state index >= 15 is 0 Å². The maximum atomic E-state index is 5.71. The molecule has 0 atom stereocenters. The van der Waals surface area contributed by atoms with Crippen LogP contribution in [0.1, 0.15) is 0 Å². The van der Waals surface area contributed by atoms with Crippen LogP contribution >= 0.6 is 0 Å². The monoisotopic (exact) mass is 237 g/mol. The van der Waals surface area contributed by atoms with Crippen LogP contribution in [0.3, 0.4) is 0 Å². The molecule has 2 aromatic carbocycles. The molecular formula is C14H11N3O. The molecule has 1 aromatic heterocycles. The first kappa shape index (κ1) is 10.5. The van der Waals surface area contributed by atoms with Gasteiger partial charge in [0.2, 0.25) is 0 Å². The van der Waals surface area contributed by atoms with Crippen LogP contribution in [0.5, 0.6) is 11.5 Å². The van der Waals surface area contributed by atoms with Crippen molar-refractivity contribution in [2.45, 2.75) is 0 Å². The van der Waals surface area contributed by atoms with Crippen molar-refractivity contribution in [1.82, 2.24) is 15.4 Å². The van der Waals surface area contributed by atoms with Gasteiger partial charge in [-0.05, 0) is 36.4 Å². The third-order valence-electron chi connectivity index (χ3n) is 2.55. The van der Waals surface area contributed by atoms with Gasteiger partial charge in [-0.2, -0.15) is 0 Å². The van der Waals surface area contributed by atoms with Gasteiger partial charge in [-0.3, -0.25) is 5.10 Å². The molecule has 0 unspecified atom stereocenters. The zero-order chi connectivity index (χ0) is 12.2. The number of rotatable bonds is 3. The third-order valence-corrected chi connectivity index (χ3v) is 2.55.